The van der Waals surface area contributed by atoms with Gasteiger partial charge in [-0.3, -0.25) is 9.59 Å². The van der Waals surface area contributed by atoms with Gasteiger partial charge in [0.2, 0.25) is 15.9 Å². The van der Waals surface area contributed by atoms with Gasteiger partial charge < -0.3 is 5.32 Å². The van der Waals surface area contributed by atoms with Crippen molar-refractivity contribution < 1.29 is 26.4 Å². The second-order valence-electron chi connectivity index (χ2n) is 6.63. The number of amides is 2. The van der Waals surface area contributed by atoms with E-state index < -0.39 is 38.4 Å². The van der Waals surface area contributed by atoms with E-state index in [9.17, 15) is 26.4 Å². The number of hydrogen-bond acceptors (Lipinski definition) is 6. The van der Waals surface area contributed by atoms with Crippen molar-refractivity contribution in [1.29, 1.82) is 0 Å². The first-order chi connectivity index (χ1) is 13.5. The molecule has 2 amide bonds. The minimum Gasteiger partial charge on any atom is -0.324 e. The highest BCUT2D eigenvalue weighted by Gasteiger charge is 2.41. The van der Waals surface area contributed by atoms with Crippen LogP contribution in [0.4, 0.5) is 5.69 Å². The van der Waals surface area contributed by atoms with Crippen molar-refractivity contribution >= 4 is 37.5 Å². The number of rotatable bonds is 5. The lowest BCUT2D eigenvalue weighted by atomic mass is 10.2. The maximum atomic E-state index is 12.5. The maximum absolute atomic E-state index is 12.5. The summed E-state index contributed by atoms with van der Waals surface area (Å²) in [6.45, 7) is 0.897. The molecule has 0 aliphatic carbocycles. The third-order valence-corrected chi connectivity index (χ3v) is 8.17. The number of benzene rings is 2. The summed E-state index contributed by atoms with van der Waals surface area (Å²) in [7, 11) is -5.06. The van der Waals surface area contributed by atoms with Gasteiger partial charge in [-0.25, -0.2) is 25.4 Å². The van der Waals surface area contributed by atoms with Gasteiger partial charge in [0.15, 0.2) is 0 Å². The normalized spacial score (nSPS) is 15.4. The topological polar surface area (TPSA) is 121 Å². The highest BCUT2D eigenvalue weighted by Crippen LogP contribution is 2.29. The van der Waals surface area contributed by atoms with E-state index in [2.05, 4.69) is 5.32 Å². The molecule has 29 heavy (non-hydrogen) atoms. The minimum absolute atomic E-state index is 0.00926. The summed E-state index contributed by atoms with van der Waals surface area (Å²) in [6.07, 6.45) is 0. The molecule has 0 bridgehead atoms. The van der Waals surface area contributed by atoms with Crippen LogP contribution >= 0.6 is 0 Å². The van der Waals surface area contributed by atoms with E-state index in [1.165, 1.54) is 56.6 Å². The summed E-state index contributed by atoms with van der Waals surface area (Å²) in [5, 5.41) is 2.45. The SMILES string of the molecule is Cc1ccc(NC(=O)CN2C(=O)c3ccccc3S2(=O)=O)cc1S(=O)(=O)N(C)C. The molecule has 1 aliphatic heterocycles. The average molecular weight is 437 g/mol. The predicted octanol–water partition coefficient (Wildman–Crippen LogP) is 1.03. The van der Waals surface area contributed by atoms with Crippen LogP contribution in [-0.2, 0) is 24.8 Å². The number of aryl methyl sites for hydroxylation is 1. The zero-order valence-corrected chi connectivity index (χ0v) is 17.5. The molecule has 0 radical (unpaired) electrons. The average Bonchev–Trinajstić information content (AvgIpc) is 2.84. The predicted molar refractivity (Wildman–Crippen MR) is 105 cm³/mol. The van der Waals surface area contributed by atoms with E-state index in [-0.39, 0.29) is 21.0 Å². The van der Waals surface area contributed by atoms with Gasteiger partial charge in [-0.2, -0.15) is 0 Å². The van der Waals surface area contributed by atoms with E-state index in [1.807, 2.05) is 0 Å². The van der Waals surface area contributed by atoms with E-state index in [0.717, 1.165) is 4.31 Å². The fourth-order valence-electron chi connectivity index (χ4n) is 2.87. The fraction of sp³-hybridized carbons (Fsp3) is 0.222. The quantitative estimate of drug-likeness (QED) is 0.746. The van der Waals surface area contributed by atoms with Gasteiger partial charge in [0.1, 0.15) is 11.4 Å². The molecule has 0 aromatic heterocycles. The maximum Gasteiger partial charge on any atom is 0.269 e. The number of carbonyl (C=O) groups is 2. The second-order valence-corrected chi connectivity index (χ2v) is 10.6. The lowest BCUT2D eigenvalue weighted by Gasteiger charge is -2.17. The van der Waals surface area contributed by atoms with Gasteiger partial charge >= 0.3 is 0 Å². The van der Waals surface area contributed by atoms with Crippen LogP contribution in [0, 0.1) is 6.92 Å². The molecule has 2 aromatic rings. The van der Waals surface area contributed by atoms with Gasteiger partial charge in [-0.05, 0) is 36.8 Å². The summed E-state index contributed by atoms with van der Waals surface area (Å²) in [5.41, 5.74) is 0.669. The first kappa shape index (κ1) is 21.0. The molecule has 0 saturated carbocycles. The van der Waals surface area contributed by atoms with Crippen LogP contribution in [0.1, 0.15) is 15.9 Å². The zero-order valence-electron chi connectivity index (χ0n) is 15.9. The summed E-state index contributed by atoms with van der Waals surface area (Å²) < 4.78 is 51.4. The van der Waals surface area contributed by atoms with Crippen LogP contribution in [0.3, 0.4) is 0 Å². The van der Waals surface area contributed by atoms with E-state index in [4.69, 9.17) is 0 Å². The van der Waals surface area contributed by atoms with E-state index >= 15 is 0 Å². The molecule has 1 heterocycles. The Morgan fingerprint density at radius 3 is 2.41 bits per heavy atom. The lowest BCUT2D eigenvalue weighted by Crippen LogP contribution is -2.37. The molecule has 1 N–H and O–H groups in total. The highest BCUT2D eigenvalue weighted by atomic mass is 32.2. The molecule has 2 aromatic carbocycles. The van der Waals surface area contributed by atoms with Crippen molar-refractivity contribution in [3.8, 4) is 0 Å². The Bertz CT molecular complexity index is 1220. The number of carbonyl (C=O) groups excluding carboxylic acids is 2. The van der Waals surface area contributed by atoms with Crippen molar-refractivity contribution in [3.63, 3.8) is 0 Å². The summed E-state index contributed by atoms with van der Waals surface area (Å²) in [5.74, 6) is -1.55. The third-order valence-electron chi connectivity index (χ3n) is 4.43. The van der Waals surface area contributed by atoms with Crippen LogP contribution in [0.15, 0.2) is 52.3 Å². The smallest absolute Gasteiger partial charge is 0.269 e. The second kappa shape index (κ2) is 7.25. The van der Waals surface area contributed by atoms with Crippen LogP contribution in [0.25, 0.3) is 0 Å². The Morgan fingerprint density at radius 2 is 1.79 bits per heavy atom. The molecule has 1 aliphatic rings. The van der Waals surface area contributed by atoms with Crippen LogP contribution < -0.4 is 5.32 Å². The summed E-state index contributed by atoms with van der Waals surface area (Å²) in [4.78, 5) is 24.7. The molecule has 0 unspecified atom stereocenters. The molecule has 0 fully saturated rings. The van der Waals surface area contributed by atoms with Gasteiger partial charge in [0, 0.05) is 19.8 Å². The van der Waals surface area contributed by atoms with Crippen LogP contribution in [0.2, 0.25) is 0 Å². The number of sulfonamides is 2. The Labute approximate surface area is 169 Å². The van der Waals surface area contributed by atoms with Crippen molar-refractivity contribution in [2.45, 2.75) is 16.7 Å². The molecule has 9 nitrogen and oxygen atoms in total. The van der Waals surface area contributed by atoms with Crippen molar-refractivity contribution in [3.05, 3.63) is 53.6 Å². The zero-order chi connectivity index (χ0) is 21.6. The van der Waals surface area contributed by atoms with Gasteiger partial charge in [0.05, 0.1) is 10.5 Å². The number of hydrogen-bond donors (Lipinski definition) is 1. The van der Waals surface area contributed by atoms with E-state index in [1.54, 1.807) is 6.92 Å². The van der Waals surface area contributed by atoms with Gasteiger partial charge in [-0.1, -0.05) is 18.2 Å². The molecule has 154 valence electrons. The molecule has 0 atom stereocenters. The van der Waals surface area contributed by atoms with Crippen LogP contribution in [0.5, 0.6) is 0 Å². The molecular formula is C18H19N3O6S2. The Hall–Kier alpha value is -2.76. The standard InChI is InChI=1S/C18H19N3O6S2/c1-12-8-9-13(10-16(12)28(24,25)20(2)3)19-17(22)11-21-18(23)14-6-4-5-7-15(14)29(21,26)27/h4-10H,11H2,1-3H3,(H,19,22). The Balaban J connectivity index is 1.84. The lowest BCUT2D eigenvalue weighted by molar-refractivity contribution is -0.116. The van der Waals surface area contributed by atoms with Crippen molar-refractivity contribution in [2.24, 2.45) is 0 Å². The number of anilines is 1. The molecule has 0 spiro atoms. The van der Waals surface area contributed by atoms with Gasteiger partial charge in [-0.15, -0.1) is 0 Å². The summed E-state index contributed by atoms with van der Waals surface area (Å²) in [6, 6.07) is 10.0. The molecular weight excluding hydrogens is 418 g/mol. The number of nitrogens with zero attached hydrogens (tertiary/aromatic N) is 2. The van der Waals surface area contributed by atoms with E-state index in [0.29, 0.717) is 9.87 Å². The number of fused-ring (bicyclic) bond motifs is 1. The number of nitrogens with one attached hydrogen (secondary N) is 1. The monoisotopic (exact) mass is 437 g/mol. The molecule has 0 saturated heterocycles. The Morgan fingerprint density at radius 1 is 1.14 bits per heavy atom. The first-order valence-corrected chi connectivity index (χ1v) is 11.3. The van der Waals surface area contributed by atoms with Crippen molar-refractivity contribution in [1.82, 2.24) is 8.61 Å². The third kappa shape index (κ3) is 3.63. The Kier molecular flexibility index (Phi) is 5.24. The van der Waals surface area contributed by atoms with Crippen molar-refractivity contribution in [2.75, 3.05) is 26.0 Å². The summed E-state index contributed by atoms with van der Waals surface area (Å²) >= 11 is 0. The van der Waals surface area contributed by atoms with Crippen LogP contribution in [-0.4, -0.2) is 57.9 Å². The minimum atomic E-state index is -4.11. The fourth-order valence-corrected chi connectivity index (χ4v) is 5.54. The molecule has 3 rings (SSSR count). The first-order valence-electron chi connectivity index (χ1n) is 8.45. The highest BCUT2D eigenvalue weighted by molar-refractivity contribution is 7.90. The largest absolute Gasteiger partial charge is 0.324 e. The van der Waals surface area contributed by atoms with Gasteiger partial charge in [0.25, 0.3) is 15.9 Å². The molecule has 11 heteroatoms.